The Morgan fingerprint density at radius 3 is 1.58 bits per heavy atom. The zero-order valence-corrected chi connectivity index (χ0v) is 14.1. The number of rotatable bonds is 5. The maximum atomic E-state index is 5.75. The molecule has 0 spiro atoms. The van der Waals surface area contributed by atoms with Crippen molar-refractivity contribution in [1.29, 1.82) is 0 Å². The van der Waals surface area contributed by atoms with Crippen molar-refractivity contribution in [2.75, 3.05) is 21.3 Å². The summed E-state index contributed by atoms with van der Waals surface area (Å²) in [5.74, 6) is 2.44. The number of hydrogen-bond donors (Lipinski definition) is 0. The van der Waals surface area contributed by atoms with Gasteiger partial charge in [-0.2, -0.15) is 0 Å². The van der Waals surface area contributed by atoms with Gasteiger partial charge in [0.1, 0.15) is 17.2 Å². The van der Waals surface area contributed by atoms with Crippen LogP contribution in [0.5, 0.6) is 17.2 Å². The minimum absolute atomic E-state index is 0.792. The van der Waals surface area contributed by atoms with Gasteiger partial charge in [0.05, 0.1) is 21.3 Å². The number of ether oxygens (including phenoxy) is 3. The van der Waals surface area contributed by atoms with Crippen LogP contribution in [0, 0.1) is 0 Å². The Morgan fingerprint density at radius 1 is 0.542 bits per heavy atom. The van der Waals surface area contributed by atoms with Gasteiger partial charge >= 0.3 is 0 Å². The molecule has 0 fully saturated rings. The molecule has 0 aromatic heterocycles. The van der Waals surface area contributed by atoms with E-state index in [4.69, 9.17) is 14.2 Å². The lowest BCUT2D eigenvalue weighted by molar-refractivity contribution is 0.405. The summed E-state index contributed by atoms with van der Waals surface area (Å²) in [6, 6.07) is 22.1. The van der Waals surface area contributed by atoms with Crippen molar-refractivity contribution in [1.82, 2.24) is 0 Å². The Balaban J connectivity index is 2.20. The van der Waals surface area contributed by atoms with Crippen molar-refractivity contribution in [2.24, 2.45) is 0 Å². The lowest BCUT2D eigenvalue weighted by atomic mass is 9.96. The van der Waals surface area contributed by atoms with Crippen LogP contribution in [0.1, 0.15) is 0 Å². The molecule has 0 saturated carbocycles. The van der Waals surface area contributed by atoms with E-state index in [1.807, 2.05) is 54.6 Å². The maximum absolute atomic E-state index is 5.75. The third-order valence-electron chi connectivity index (χ3n) is 3.99. The molecule has 0 aliphatic rings. The van der Waals surface area contributed by atoms with Crippen molar-refractivity contribution >= 4 is 0 Å². The van der Waals surface area contributed by atoms with Crippen molar-refractivity contribution in [3.05, 3.63) is 66.7 Å². The summed E-state index contributed by atoms with van der Waals surface area (Å²) in [5, 5.41) is 0. The van der Waals surface area contributed by atoms with Gasteiger partial charge in [-0.05, 0) is 35.4 Å². The molecule has 3 heteroatoms. The van der Waals surface area contributed by atoms with Gasteiger partial charge in [-0.25, -0.2) is 0 Å². The van der Waals surface area contributed by atoms with Crippen LogP contribution in [-0.4, -0.2) is 21.3 Å². The molecule has 0 amide bonds. The maximum Gasteiger partial charge on any atom is 0.134 e. The second-order valence-corrected chi connectivity index (χ2v) is 5.35. The molecular formula is C21H20O3. The molecule has 24 heavy (non-hydrogen) atoms. The van der Waals surface area contributed by atoms with E-state index in [0.29, 0.717) is 0 Å². The minimum Gasteiger partial charge on any atom is -0.497 e. The van der Waals surface area contributed by atoms with Crippen LogP contribution >= 0.6 is 0 Å². The number of benzene rings is 3. The second kappa shape index (κ2) is 7.09. The number of methoxy groups -OCH3 is 3. The van der Waals surface area contributed by atoms with Crippen LogP contribution in [-0.2, 0) is 0 Å². The van der Waals surface area contributed by atoms with E-state index >= 15 is 0 Å². The first-order valence-electron chi connectivity index (χ1n) is 7.72. The van der Waals surface area contributed by atoms with Crippen LogP contribution in [0.2, 0.25) is 0 Å². The molecule has 0 aliphatic carbocycles. The summed E-state index contributed by atoms with van der Waals surface area (Å²) < 4.78 is 16.5. The Kier molecular flexibility index (Phi) is 4.71. The van der Waals surface area contributed by atoms with E-state index in [-0.39, 0.29) is 0 Å². The highest BCUT2D eigenvalue weighted by atomic mass is 16.5. The fourth-order valence-corrected chi connectivity index (χ4v) is 2.76. The molecule has 0 bridgehead atoms. The van der Waals surface area contributed by atoms with Crippen LogP contribution in [0.4, 0.5) is 0 Å². The molecule has 0 saturated heterocycles. The molecule has 3 aromatic rings. The highest BCUT2D eigenvalue weighted by Gasteiger charge is 2.15. The zero-order valence-electron chi connectivity index (χ0n) is 14.1. The lowest BCUT2D eigenvalue weighted by Crippen LogP contribution is -1.94. The fourth-order valence-electron chi connectivity index (χ4n) is 2.76. The predicted molar refractivity (Wildman–Crippen MR) is 97.0 cm³/mol. The van der Waals surface area contributed by atoms with Crippen molar-refractivity contribution < 1.29 is 14.2 Å². The fraction of sp³-hybridized carbons (Fsp3) is 0.143. The highest BCUT2D eigenvalue weighted by molar-refractivity contribution is 5.84. The summed E-state index contributed by atoms with van der Waals surface area (Å²) in [5.41, 5.74) is 4.12. The second-order valence-electron chi connectivity index (χ2n) is 5.35. The van der Waals surface area contributed by atoms with Crippen LogP contribution < -0.4 is 14.2 Å². The predicted octanol–water partition coefficient (Wildman–Crippen LogP) is 5.05. The Morgan fingerprint density at radius 2 is 1.08 bits per heavy atom. The third kappa shape index (κ3) is 3.06. The van der Waals surface area contributed by atoms with Gasteiger partial charge in [0.15, 0.2) is 0 Å². The van der Waals surface area contributed by atoms with Crippen molar-refractivity contribution in [2.45, 2.75) is 0 Å². The normalized spacial score (nSPS) is 10.3. The first-order valence-corrected chi connectivity index (χ1v) is 7.72. The van der Waals surface area contributed by atoms with Crippen molar-refractivity contribution in [3.8, 4) is 39.5 Å². The smallest absolute Gasteiger partial charge is 0.134 e. The van der Waals surface area contributed by atoms with E-state index in [1.54, 1.807) is 21.3 Å². The summed E-state index contributed by atoms with van der Waals surface area (Å²) in [4.78, 5) is 0. The molecular weight excluding hydrogens is 300 g/mol. The van der Waals surface area contributed by atoms with Gasteiger partial charge in [0.2, 0.25) is 0 Å². The summed E-state index contributed by atoms with van der Waals surface area (Å²) in [6.45, 7) is 0. The Bertz CT molecular complexity index is 808. The molecule has 0 heterocycles. The van der Waals surface area contributed by atoms with Gasteiger partial charge in [-0.1, -0.05) is 42.5 Å². The van der Waals surface area contributed by atoms with Gasteiger partial charge < -0.3 is 14.2 Å². The Hall–Kier alpha value is -2.94. The molecule has 0 atom stereocenters. The lowest BCUT2D eigenvalue weighted by Gasteiger charge is -2.16. The van der Waals surface area contributed by atoms with E-state index in [9.17, 15) is 0 Å². The zero-order chi connectivity index (χ0) is 16.9. The first kappa shape index (κ1) is 15.9. The average Bonchev–Trinajstić information content (AvgIpc) is 2.67. The van der Waals surface area contributed by atoms with Gasteiger partial charge in [-0.3, -0.25) is 0 Å². The molecule has 0 radical (unpaired) electrons. The van der Waals surface area contributed by atoms with E-state index in [1.165, 1.54) is 0 Å². The topological polar surface area (TPSA) is 27.7 Å². The SMILES string of the molecule is COc1ccc(-c2cc(OC)cc(-c3ccccc3)c2OC)cc1. The van der Waals surface area contributed by atoms with Gasteiger partial charge in [-0.15, -0.1) is 0 Å². The standard InChI is InChI=1S/C21H20O3/c1-22-17-11-9-16(10-12-17)20-14-18(23-2)13-19(21(20)24-3)15-7-5-4-6-8-15/h4-14H,1-3H3. The third-order valence-corrected chi connectivity index (χ3v) is 3.99. The molecule has 122 valence electrons. The van der Waals surface area contributed by atoms with Gasteiger partial charge in [0.25, 0.3) is 0 Å². The largest absolute Gasteiger partial charge is 0.497 e. The molecule has 3 aromatic carbocycles. The van der Waals surface area contributed by atoms with E-state index < -0.39 is 0 Å². The molecule has 3 rings (SSSR count). The van der Waals surface area contributed by atoms with Crippen LogP contribution in [0.3, 0.4) is 0 Å². The average molecular weight is 320 g/mol. The minimum atomic E-state index is 0.792. The quantitative estimate of drug-likeness (QED) is 0.658. The molecule has 3 nitrogen and oxygen atoms in total. The van der Waals surface area contributed by atoms with Crippen LogP contribution in [0.25, 0.3) is 22.3 Å². The molecule has 0 aliphatic heterocycles. The van der Waals surface area contributed by atoms with E-state index in [2.05, 4.69) is 12.1 Å². The van der Waals surface area contributed by atoms with E-state index in [0.717, 1.165) is 39.5 Å². The molecule has 0 N–H and O–H groups in total. The Labute approximate surface area is 142 Å². The van der Waals surface area contributed by atoms with Crippen molar-refractivity contribution in [3.63, 3.8) is 0 Å². The highest BCUT2D eigenvalue weighted by Crippen LogP contribution is 2.42. The summed E-state index contributed by atoms with van der Waals surface area (Å²) in [6.07, 6.45) is 0. The monoisotopic (exact) mass is 320 g/mol. The van der Waals surface area contributed by atoms with Crippen LogP contribution in [0.15, 0.2) is 66.7 Å². The van der Waals surface area contributed by atoms with Gasteiger partial charge in [0, 0.05) is 11.1 Å². The molecule has 0 unspecified atom stereocenters. The summed E-state index contributed by atoms with van der Waals surface area (Å²) >= 11 is 0. The first-order chi connectivity index (χ1) is 11.8. The summed E-state index contributed by atoms with van der Waals surface area (Å²) in [7, 11) is 5.03. The number of hydrogen-bond acceptors (Lipinski definition) is 3.